The van der Waals surface area contributed by atoms with Gasteiger partial charge in [-0.25, -0.2) is 13.1 Å². The molecule has 8 heteroatoms. The van der Waals surface area contributed by atoms with Crippen molar-refractivity contribution < 1.29 is 13.2 Å². The van der Waals surface area contributed by atoms with Gasteiger partial charge in [-0.1, -0.05) is 12.8 Å². The lowest BCUT2D eigenvalue weighted by Crippen LogP contribution is -2.44. The van der Waals surface area contributed by atoms with Gasteiger partial charge in [-0.3, -0.25) is 4.79 Å². The molecule has 2 unspecified atom stereocenters. The number of hydrogen-bond donors (Lipinski definition) is 2. The van der Waals surface area contributed by atoms with Crippen LogP contribution in [0.1, 0.15) is 49.9 Å². The molecule has 1 aliphatic rings. The van der Waals surface area contributed by atoms with Crippen molar-refractivity contribution in [3.8, 4) is 0 Å². The minimum Gasteiger partial charge on any atom is -0.339 e. The van der Waals surface area contributed by atoms with Crippen LogP contribution in [0, 0.1) is 5.92 Å². The molecule has 3 N–H and O–H groups in total. The monoisotopic (exact) mass is 403 g/mol. The Kier molecular flexibility index (Phi) is 9.03. The third-order valence-corrected chi connectivity index (χ3v) is 6.49. The third-order valence-electron chi connectivity index (χ3n) is 4.98. The Morgan fingerprint density at radius 1 is 1.15 bits per heavy atom. The Hall–Kier alpha value is -1.15. The third kappa shape index (κ3) is 5.42. The topological polar surface area (TPSA) is 92.5 Å². The van der Waals surface area contributed by atoms with Crippen molar-refractivity contribution in [2.24, 2.45) is 11.7 Å². The molecule has 0 radical (unpaired) electrons. The van der Waals surface area contributed by atoms with Crippen LogP contribution < -0.4 is 10.5 Å². The summed E-state index contributed by atoms with van der Waals surface area (Å²) in [5.74, 6) is 0.101. The van der Waals surface area contributed by atoms with Gasteiger partial charge in [-0.15, -0.1) is 12.4 Å². The summed E-state index contributed by atoms with van der Waals surface area (Å²) < 4.78 is 28.1. The summed E-state index contributed by atoms with van der Waals surface area (Å²) in [6.07, 6.45) is 3.89. The quantitative estimate of drug-likeness (QED) is 0.731. The number of sulfonamides is 1. The number of carbonyl (C=O) groups is 1. The lowest BCUT2D eigenvalue weighted by Gasteiger charge is -2.31. The fourth-order valence-corrected chi connectivity index (χ4v) is 4.72. The van der Waals surface area contributed by atoms with E-state index in [1.807, 2.05) is 13.8 Å². The summed E-state index contributed by atoms with van der Waals surface area (Å²) in [6, 6.07) is 6.05. The van der Waals surface area contributed by atoms with E-state index in [4.69, 9.17) is 5.73 Å². The molecular weight excluding hydrogens is 374 g/mol. The first kappa shape index (κ1) is 22.9. The van der Waals surface area contributed by atoms with Crippen LogP contribution in [0.25, 0.3) is 0 Å². The summed E-state index contributed by atoms with van der Waals surface area (Å²) in [7, 11) is -3.61. The maximum atomic E-state index is 12.6. The van der Waals surface area contributed by atoms with Gasteiger partial charge in [0.25, 0.3) is 5.91 Å². The SMILES string of the molecule is CCN(CC)C(=O)c1ccc(S(=O)(=O)NC2CCCCC2CN)cc1.Cl. The van der Waals surface area contributed by atoms with E-state index >= 15 is 0 Å². The van der Waals surface area contributed by atoms with Crippen LogP contribution >= 0.6 is 12.4 Å². The van der Waals surface area contributed by atoms with E-state index in [0.29, 0.717) is 25.2 Å². The van der Waals surface area contributed by atoms with E-state index in [0.717, 1.165) is 25.7 Å². The fraction of sp³-hybridized carbons (Fsp3) is 0.611. The highest BCUT2D eigenvalue weighted by molar-refractivity contribution is 7.89. The largest absolute Gasteiger partial charge is 0.339 e. The van der Waals surface area contributed by atoms with Gasteiger partial charge in [0, 0.05) is 24.7 Å². The fourth-order valence-electron chi connectivity index (χ4n) is 3.38. The molecule has 1 fully saturated rings. The highest BCUT2D eigenvalue weighted by atomic mass is 35.5. The van der Waals surface area contributed by atoms with Gasteiger partial charge >= 0.3 is 0 Å². The average molecular weight is 404 g/mol. The van der Waals surface area contributed by atoms with E-state index < -0.39 is 10.0 Å². The predicted molar refractivity (Wildman–Crippen MR) is 106 cm³/mol. The minimum absolute atomic E-state index is 0. The Bertz CT molecular complexity index is 675. The molecule has 0 spiro atoms. The molecule has 1 amide bonds. The van der Waals surface area contributed by atoms with Crippen LogP contribution in [-0.2, 0) is 10.0 Å². The van der Waals surface area contributed by atoms with Crippen molar-refractivity contribution in [1.29, 1.82) is 0 Å². The Balaban J connectivity index is 0.00000338. The first-order chi connectivity index (χ1) is 11.9. The van der Waals surface area contributed by atoms with Crippen LogP contribution in [0.15, 0.2) is 29.2 Å². The predicted octanol–water partition coefficient (Wildman–Crippen LogP) is 2.39. The maximum absolute atomic E-state index is 12.6. The van der Waals surface area contributed by atoms with Gasteiger partial charge in [0.05, 0.1) is 4.90 Å². The molecule has 1 aromatic rings. The van der Waals surface area contributed by atoms with Crippen molar-refractivity contribution in [3.63, 3.8) is 0 Å². The number of rotatable bonds is 7. The van der Waals surface area contributed by atoms with Crippen LogP contribution in [-0.4, -0.2) is 44.9 Å². The average Bonchev–Trinajstić information content (AvgIpc) is 2.63. The number of nitrogens with two attached hydrogens (primary N) is 1. The first-order valence-corrected chi connectivity index (χ1v) is 10.5. The number of carbonyl (C=O) groups excluding carboxylic acids is 1. The highest BCUT2D eigenvalue weighted by Gasteiger charge is 2.28. The molecular formula is C18H30ClN3O3S. The normalized spacial score (nSPS) is 20.3. The Morgan fingerprint density at radius 2 is 1.73 bits per heavy atom. The summed E-state index contributed by atoms with van der Waals surface area (Å²) >= 11 is 0. The zero-order valence-electron chi connectivity index (χ0n) is 15.5. The molecule has 6 nitrogen and oxygen atoms in total. The molecule has 0 bridgehead atoms. The Morgan fingerprint density at radius 3 is 2.27 bits per heavy atom. The van der Waals surface area contributed by atoms with Crippen LogP contribution in [0.3, 0.4) is 0 Å². The van der Waals surface area contributed by atoms with Gasteiger partial charge in [-0.2, -0.15) is 0 Å². The molecule has 1 saturated carbocycles. The van der Waals surface area contributed by atoms with Crippen LogP contribution in [0.4, 0.5) is 0 Å². The summed E-state index contributed by atoms with van der Waals surface area (Å²) in [4.78, 5) is 14.2. The van der Waals surface area contributed by atoms with Crippen molar-refractivity contribution in [2.75, 3.05) is 19.6 Å². The molecule has 148 valence electrons. The van der Waals surface area contributed by atoms with Crippen molar-refractivity contribution in [3.05, 3.63) is 29.8 Å². The highest BCUT2D eigenvalue weighted by Crippen LogP contribution is 2.25. The number of halogens is 1. The number of nitrogens with zero attached hydrogens (tertiary/aromatic N) is 1. The second-order valence-corrected chi connectivity index (χ2v) is 8.22. The number of hydrogen-bond acceptors (Lipinski definition) is 4. The molecule has 0 aromatic heterocycles. The summed E-state index contributed by atoms with van der Waals surface area (Å²) in [6.45, 7) is 5.58. The molecule has 2 atom stereocenters. The van der Waals surface area contributed by atoms with Crippen molar-refractivity contribution >= 4 is 28.3 Å². The lowest BCUT2D eigenvalue weighted by atomic mass is 9.85. The van der Waals surface area contributed by atoms with Gasteiger partial charge in [-0.05, 0) is 63.4 Å². The minimum atomic E-state index is -3.61. The Labute approximate surface area is 163 Å². The second-order valence-electron chi connectivity index (χ2n) is 6.51. The van der Waals surface area contributed by atoms with Crippen molar-refractivity contribution in [2.45, 2.75) is 50.5 Å². The van der Waals surface area contributed by atoms with E-state index in [9.17, 15) is 13.2 Å². The van der Waals surface area contributed by atoms with E-state index in [2.05, 4.69) is 4.72 Å². The first-order valence-electron chi connectivity index (χ1n) is 9.04. The van der Waals surface area contributed by atoms with Crippen molar-refractivity contribution in [1.82, 2.24) is 9.62 Å². The van der Waals surface area contributed by atoms with E-state index in [1.165, 1.54) is 12.1 Å². The molecule has 0 saturated heterocycles. The molecule has 1 aromatic carbocycles. The second kappa shape index (κ2) is 10.3. The van der Waals surface area contributed by atoms with Gasteiger partial charge in [0.15, 0.2) is 0 Å². The lowest BCUT2D eigenvalue weighted by molar-refractivity contribution is 0.0773. The van der Waals surface area contributed by atoms with Gasteiger partial charge < -0.3 is 10.6 Å². The molecule has 26 heavy (non-hydrogen) atoms. The zero-order chi connectivity index (χ0) is 18.4. The van der Waals surface area contributed by atoms with E-state index in [-0.39, 0.29) is 35.2 Å². The molecule has 0 heterocycles. The van der Waals surface area contributed by atoms with Gasteiger partial charge in [0.1, 0.15) is 0 Å². The standard InChI is InChI=1S/C18H29N3O3S.ClH/c1-3-21(4-2)18(22)14-9-11-16(12-10-14)25(23,24)20-17-8-6-5-7-15(17)13-19;/h9-12,15,17,20H,3-8,13,19H2,1-2H3;1H. The van der Waals surface area contributed by atoms with Crippen LogP contribution in [0.2, 0.25) is 0 Å². The number of amides is 1. The molecule has 0 aliphatic heterocycles. The maximum Gasteiger partial charge on any atom is 0.253 e. The molecule has 2 rings (SSSR count). The van der Waals surface area contributed by atoms with E-state index in [1.54, 1.807) is 17.0 Å². The number of benzene rings is 1. The van der Waals surface area contributed by atoms with Crippen LogP contribution in [0.5, 0.6) is 0 Å². The summed E-state index contributed by atoms with van der Waals surface area (Å²) in [5.41, 5.74) is 6.28. The zero-order valence-corrected chi connectivity index (χ0v) is 17.1. The van der Waals surface area contributed by atoms with Gasteiger partial charge in [0.2, 0.25) is 10.0 Å². The summed E-state index contributed by atoms with van der Waals surface area (Å²) in [5, 5.41) is 0. The molecule has 1 aliphatic carbocycles. The smallest absolute Gasteiger partial charge is 0.253 e. The number of nitrogens with one attached hydrogen (secondary N) is 1.